The van der Waals surface area contributed by atoms with Crippen molar-refractivity contribution in [1.29, 1.82) is 0 Å². The van der Waals surface area contributed by atoms with Crippen molar-refractivity contribution < 1.29 is 13.2 Å². The molecule has 0 saturated carbocycles. The Kier molecular flexibility index (Phi) is 5.49. The minimum atomic E-state index is -3.62. The molecule has 0 spiro atoms. The molecule has 28 heavy (non-hydrogen) atoms. The van der Waals surface area contributed by atoms with Gasteiger partial charge in [-0.25, -0.2) is 8.42 Å². The van der Waals surface area contributed by atoms with E-state index in [1.165, 1.54) is 4.31 Å². The van der Waals surface area contributed by atoms with Crippen LogP contribution in [-0.4, -0.2) is 73.6 Å². The summed E-state index contributed by atoms with van der Waals surface area (Å²) in [5.74, 6) is -0.0731. The average molecular weight is 406 g/mol. The Hall–Kier alpha value is -2.39. The van der Waals surface area contributed by atoms with Gasteiger partial charge >= 0.3 is 0 Å². The quantitative estimate of drug-likeness (QED) is 0.765. The fourth-order valence-corrected chi connectivity index (χ4v) is 5.29. The molecule has 152 valence electrons. The number of nitrogens with zero attached hydrogens (tertiary/aromatic N) is 5. The highest BCUT2D eigenvalue weighted by molar-refractivity contribution is 7.89. The number of carbonyl (C=O) groups excluding carboxylic acids is 1. The number of sulfonamides is 1. The van der Waals surface area contributed by atoms with Crippen LogP contribution in [0.1, 0.15) is 21.7 Å². The van der Waals surface area contributed by atoms with Crippen LogP contribution in [0.15, 0.2) is 29.2 Å². The Bertz CT molecular complexity index is 972. The molecule has 0 atom stereocenters. The Morgan fingerprint density at radius 2 is 1.61 bits per heavy atom. The summed E-state index contributed by atoms with van der Waals surface area (Å²) >= 11 is 0. The minimum absolute atomic E-state index is 0.0731. The number of piperazine rings is 1. The molecule has 1 amide bonds. The molecule has 1 aliphatic heterocycles. The third-order valence-corrected chi connectivity index (χ3v) is 7.35. The van der Waals surface area contributed by atoms with Crippen LogP contribution in [0.25, 0.3) is 0 Å². The molecule has 3 rings (SSSR count). The summed E-state index contributed by atoms with van der Waals surface area (Å²) < 4.78 is 29.1. The first kappa shape index (κ1) is 20.3. The normalized spacial score (nSPS) is 15.7. The Morgan fingerprint density at radius 1 is 1.04 bits per heavy atom. The lowest BCUT2D eigenvalue weighted by Gasteiger charge is -2.34. The van der Waals surface area contributed by atoms with Gasteiger partial charge in [-0.05, 0) is 38.1 Å². The van der Waals surface area contributed by atoms with Gasteiger partial charge in [0.15, 0.2) is 0 Å². The van der Waals surface area contributed by atoms with Crippen molar-refractivity contribution in [2.24, 2.45) is 7.05 Å². The minimum Gasteiger partial charge on any atom is -0.378 e. The lowest BCUT2D eigenvalue weighted by Crippen LogP contribution is -2.50. The van der Waals surface area contributed by atoms with E-state index in [9.17, 15) is 13.2 Å². The second-order valence-corrected chi connectivity index (χ2v) is 9.14. The molecule has 1 saturated heterocycles. The van der Waals surface area contributed by atoms with Crippen LogP contribution in [0.5, 0.6) is 0 Å². The van der Waals surface area contributed by atoms with Gasteiger partial charge in [0, 0.05) is 58.6 Å². The zero-order valence-electron chi connectivity index (χ0n) is 17.0. The van der Waals surface area contributed by atoms with Crippen LogP contribution < -0.4 is 4.90 Å². The van der Waals surface area contributed by atoms with E-state index in [0.717, 1.165) is 5.69 Å². The van der Waals surface area contributed by atoms with Gasteiger partial charge in [-0.1, -0.05) is 0 Å². The molecule has 1 aliphatic rings. The summed E-state index contributed by atoms with van der Waals surface area (Å²) in [6.07, 6.45) is 0. The standard InChI is InChI=1S/C19H27N5O3S/c1-14-18(15(2)22(5)20-14)28(26,27)24-12-10-23(11-13-24)19(25)16-6-8-17(9-7-16)21(3)4/h6-9H,10-13H2,1-5H3. The van der Waals surface area contributed by atoms with Gasteiger partial charge in [0.2, 0.25) is 10.0 Å². The predicted octanol–water partition coefficient (Wildman–Crippen LogP) is 1.25. The van der Waals surface area contributed by atoms with E-state index in [0.29, 0.717) is 30.0 Å². The zero-order valence-corrected chi connectivity index (χ0v) is 17.8. The maximum atomic E-state index is 13.1. The molecular weight excluding hydrogens is 378 g/mol. The smallest absolute Gasteiger partial charge is 0.253 e. The summed E-state index contributed by atoms with van der Waals surface area (Å²) in [4.78, 5) is 16.7. The van der Waals surface area contributed by atoms with Crippen LogP contribution in [0, 0.1) is 13.8 Å². The van der Waals surface area contributed by atoms with Gasteiger partial charge in [0.25, 0.3) is 5.91 Å². The van der Waals surface area contributed by atoms with E-state index in [4.69, 9.17) is 0 Å². The van der Waals surface area contributed by atoms with E-state index < -0.39 is 10.0 Å². The van der Waals surface area contributed by atoms with Crippen molar-refractivity contribution in [2.45, 2.75) is 18.7 Å². The number of benzene rings is 1. The molecule has 0 N–H and O–H groups in total. The van der Waals surface area contributed by atoms with Gasteiger partial charge in [-0.2, -0.15) is 9.40 Å². The van der Waals surface area contributed by atoms with Crippen molar-refractivity contribution in [1.82, 2.24) is 19.0 Å². The monoisotopic (exact) mass is 405 g/mol. The molecule has 1 aromatic heterocycles. The molecule has 9 heteroatoms. The van der Waals surface area contributed by atoms with E-state index in [1.807, 2.05) is 43.3 Å². The Morgan fingerprint density at radius 3 is 2.07 bits per heavy atom. The number of hydrogen-bond donors (Lipinski definition) is 0. The van der Waals surface area contributed by atoms with E-state index >= 15 is 0 Å². The molecular formula is C19H27N5O3S. The summed E-state index contributed by atoms with van der Waals surface area (Å²) in [6, 6.07) is 7.43. The lowest BCUT2D eigenvalue weighted by molar-refractivity contribution is 0.0698. The first-order chi connectivity index (χ1) is 13.1. The summed E-state index contributed by atoms with van der Waals surface area (Å²) in [5.41, 5.74) is 2.76. The number of amides is 1. The van der Waals surface area contributed by atoms with Gasteiger partial charge < -0.3 is 9.80 Å². The molecule has 0 radical (unpaired) electrons. The molecule has 0 bridgehead atoms. The fraction of sp³-hybridized carbons (Fsp3) is 0.474. The first-order valence-corrected chi connectivity index (χ1v) is 10.6. The van der Waals surface area contributed by atoms with Crippen LogP contribution in [-0.2, 0) is 17.1 Å². The van der Waals surface area contributed by atoms with Crippen molar-refractivity contribution in [3.8, 4) is 0 Å². The molecule has 0 aliphatic carbocycles. The SMILES string of the molecule is Cc1nn(C)c(C)c1S(=O)(=O)N1CCN(C(=O)c2ccc(N(C)C)cc2)CC1. The predicted molar refractivity (Wildman–Crippen MR) is 108 cm³/mol. The number of hydrogen-bond acceptors (Lipinski definition) is 5. The number of anilines is 1. The molecule has 1 fully saturated rings. The van der Waals surface area contributed by atoms with Crippen molar-refractivity contribution in [3.05, 3.63) is 41.2 Å². The van der Waals surface area contributed by atoms with Gasteiger partial charge in [0.1, 0.15) is 4.90 Å². The number of aromatic nitrogens is 2. The fourth-order valence-electron chi connectivity index (χ4n) is 3.47. The highest BCUT2D eigenvalue weighted by Gasteiger charge is 2.34. The third-order valence-electron chi connectivity index (χ3n) is 5.20. The number of carbonyl (C=O) groups is 1. The van der Waals surface area contributed by atoms with E-state index in [2.05, 4.69) is 5.10 Å². The molecule has 8 nitrogen and oxygen atoms in total. The van der Waals surface area contributed by atoms with Crippen molar-refractivity contribution >= 4 is 21.6 Å². The second-order valence-electron chi connectivity index (χ2n) is 7.26. The third kappa shape index (κ3) is 3.64. The summed E-state index contributed by atoms with van der Waals surface area (Å²) in [6.45, 7) is 4.74. The second kappa shape index (κ2) is 7.56. The van der Waals surface area contributed by atoms with Crippen LogP contribution in [0.3, 0.4) is 0 Å². The largest absolute Gasteiger partial charge is 0.378 e. The van der Waals surface area contributed by atoms with Crippen LogP contribution in [0.4, 0.5) is 5.69 Å². The summed E-state index contributed by atoms with van der Waals surface area (Å²) in [7, 11) is 2.00. The molecule has 2 aromatic rings. The average Bonchev–Trinajstić information content (AvgIpc) is 2.93. The van der Waals surface area contributed by atoms with Crippen molar-refractivity contribution in [2.75, 3.05) is 45.2 Å². The number of aryl methyl sites for hydroxylation is 2. The van der Waals surface area contributed by atoms with Gasteiger partial charge in [0.05, 0.1) is 11.4 Å². The first-order valence-electron chi connectivity index (χ1n) is 9.20. The Labute approximate surface area is 166 Å². The summed E-state index contributed by atoms with van der Waals surface area (Å²) in [5, 5.41) is 4.22. The van der Waals surface area contributed by atoms with Crippen LogP contribution >= 0.6 is 0 Å². The molecule has 1 aromatic carbocycles. The van der Waals surface area contributed by atoms with E-state index in [-0.39, 0.29) is 23.9 Å². The van der Waals surface area contributed by atoms with Gasteiger partial charge in [-0.15, -0.1) is 0 Å². The molecule has 2 heterocycles. The van der Waals surface area contributed by atoms with Crippen molar-refractivity contribution in [3.63, 3.8) is 0 Å². The van der Waals surface area contributed by atoms with Gasteiger partial charge in [-0.3, -0.25) is 9.48 Å². The van der Waals surface area contributed by atoms with Crippen LogP contribution in [0.2, 0.25) is 0 Å². The highest BCUT2D eigenvalue weighted by Crippen LogP contribution is 2.24. The lowest BCUT2D eigenvalue weighted by atomic mass is 10.1. The maximum absolute atomic E-state index is 13.1. The topological polar surface area (TPSA) is 78.8 Å². The Balaban J connectivity index is 1.71. The van der Waals surface area contributed by atoms with E-state index in [1.54, 1.807) is 30.5 Å². The maximum Gasteiger partial charge on any atom is 0.253 e. The number of rotatable bonds is 4. The highest BCUT2D eigenvalue weighted by atomic mass is 32.2. The molecule has 0 unspecified atom stereocenters. The zero-order chi connectivity index (χ0) is 20.6.